The van der Waals surface area contributed by atoms with Crippen LogP contribution in [-0.4, -0.2) is 54.4 Å². The molecule has 2 atom stereocenters. The normalized spacial score (nSPS) is 31.2. The molecule has 1 saturated carbocycles. The van der Waals surface area contributed by atoms with Crippen molar-refractivity contribution >= 4 is 11.9 Å². The smallest absolute Gasteiger partial charge is 0.341 e. The largest absolute Gasteiger partial charge is 0.482 e. The average Bonchev–Trinajstić information content (AvgIpc) is 2.78. The molecule has 0 aromatic heterocycles. The molecule has 4 rings (SSSR count). The van der Waals surface area contributed by atoms with Gasteiger partial charge in [-0.3, -0.25) is 4.79 Å². The number of para-hydroxylation sites is 1. The second-order valence-corrected chi connectivity index (χ2v) is 9.20. The predicted molar refractivity (Wildman–Crippen MR) is 116 cm³/mol. The van der Waals surface area contributed by atoms with Gasteiger partial charge in [0.2, 0.25) is 5.91 Å². The molecule has 1 amide bonds. The van der Waals surface area contributed by atoms with Gasteiger partial charge in [0.05, 0.1) is 24.3 Å². The number of carboxylic acids is 1. The third kappa shape index (κ3) is 5.39. The average molecular weight is 431 g/mol. The molecule has 1 aromatic rings. The van der Waals surface area contributed by atoms with E-state index in [1.165, 1.54) is 0 Å². The second kappa shape index (κ2) is 10.0. The molecule has 2 saturated heterocycles. The number of rotatable bonds is 7. The Morgan fingerprint density at radius 3 is 2.68 bits per heavy atom. The van der Waals surface area contributed by atoms with Gasteiger partial charge < -0.3 is 25.2 Å². The van der Waals surface area contributed by atoms with Gasteiger partial charge in [-0.25, -0.2) is 4.79 Å². The first-order valence-electron chi connectivity index (χ1n) is 11.7. The maximum atomic E-state index is 12.0. The quantitative estimate of drug-likeness (QED) is 0.615. The van der Waals surface area contributed by atoms with Crippen molar-refractivity contribution in [1.82, 2.24) is 10.6 Å². The monoisotopic (exact) mass is 430 g/mol. The number of carbonyl (C=O) groups excluding carboxylic acids is 1. The molecule has 31 heavy (non-hydrogen) atoms. The van der Waals surface area contributed by atoms with Crippen molar-refractivity contribution in [2.75, 3.05) is 19.8 Å². The Bertz CT molecular complexity index is 773. The van der Waals surface area contributed by atoms with Crippen LogP contribution in [0.15, 0.2) is 24.3 Å². The molecular formula is C24H34N2O5. The highest BCUT2D eigenvalue weighted by molar-refractivity contribution is 5.77. The van der Waals surface area contributed by atoms with Gasteiger partial charge in [0.15, 0.2) is 6.61 Å². The summed E-state index contributed by atoms with van der Waals surface area (Å²) in [5.74, 6) is 0.247. The zero-order valence-electron chi connectivity index (χ0n) is 18.1. The van der Waals surface area contributed by atoms with E-state index >= 15 is 0 Å². The van der Waals surface area contributed by atoms with Crippen molar-refractivity contribution in [1.29, 1.82) is 0 Å². The molecule has 2 unspecified atom stereocenters. The number of benzene rings is 1. The minimum atomic E-state index is -0.963. The summed E-state index contributed by atoms with van der Waals surface area (Å²) in [4.78, 5) is 22.9. The summed E-state index contributed by atoms with van der Waals surface area (Å²) in [6, 6.07) is 7.94. The number of aliphatic carboxylic acids is 1. The topological polar surface area (TPSA) is 96.9 Å². The fourth-order valence-electron chi connectivity index (χ4n) is 5.55. The third-order valence-corrected chi connectivity index (χ3v) is 7.16. The summed E-state index contributed by atoms with van der Waals surface area (Å²) in [5.41, 5.74) is 0.950. The molecule has 0 radical (unpaired) electrons. The van der Waals surface area contributed by atoms with Crippen LogP contribution < -0.4 is 15.4 Å². The zero-order valence-corrected chi connectivity index (χ0v) is 18.1. The van der Waals surface area contributed by atoms with Crippen LogP contribution in [0.3, 0.4) is 0 Å². The summed E-state index contributed by atoms with van der Waals surface area (Å²) in [5, 5.41) is 15.8. The molecule has 7 nitrogen and oxygen atoms in total. The summed E-state index contributed by atoms with van der Waals surface area (Å²) >= 11 is 0. The zero-order chi connectivity index (χ0) is 21.7. The number of carboxylic acid groups (broad SMARTS) is 1. The molecule has 1 spiro atoms. The molecule has 170 valence electrons. The molecule has 7 heteroatoms. The Balaban J connectivity index is 1.30. The number of carbonyl (C=O) groups is 2. The predicted octanol–water partition coefficient (Wildman–Crippen LogP) is 2.98. The lowest BCUT2D eigenvalue weighted by molar-refractivity contribution is -0.139. The van der Waals surface area contributed by atoms with Gasteiger partial charge in [-0.15, -0.1) is 0 Å². The lowest BCUT2D eigenvalue weighted by Crippen LogP contribution is -2.67. The van der Waals surface area contributed by atoms with Crippen LogP contribution in [0, 0.1) is 0 Å². The fraction of sp³-hybridized carbons (Fsp3) is 0.667. The highest BCUT2D eigenvalue weighted by atomic mass is 16.5. The first-order valence-corrected chi connectivity index (χ1v) is 11.7. The highest BCUT2D eigenvalue weighted by Gasteiger charge is 2.44. The van der Waals surface area contributed by atoms with Crippen LogP contribution in [-0.2, 0) is 14.3 Å². The minimum absolute atomic E-state index is 0.148. The lowest BCUT2D eigenvalue weighted by Gasteiger charge is -2.47. The molecule has 3 fully saturated rings. The first-order chi connectivity index (χ1) is 15.1. The molecule has 3 N–H and O–H groups in total. The molecule has 1 aliphatic carbocycles. The van der Waals surface area contributed by atoms with Crippen molar-refractivity contribution < 1.29 is 24.2 Å². The molecule has 3 aliphatic rings. The van der Waals surface area contributed by atoms with Crippen LogP contribution in [0.4, 0.5) is 0 Å². The standard InChI is InChI=1S/C24H34N2O5/c27-22-7-3-12-24(26-22)13-4-14-25-21(24)15-30-18-10-8-17(9-11-18)19-5-1-2-6-20(19)31-16-23(28)29/h1-2,5-6,17-18,21,25H,3-4,7-16H2,(H,26,27)(H,28,29). The Hall–Kier alpha value is -2.12. The Morgan fingerprint density at radius 2 is 1.90 bits per heavy atom. The number of hydrogen-bond donors (Lipinski definition) is 3. The van der Waals surface area contributed by atoms with E-state index in [2.05, 4.69) is 10.6 Å². The molecular weight excluding hydrogens is 396 g/mol. The van der Waals surface area contributed by atoms with Crippen LogP contribution in [0.1, 0.15) is 69.3 Å². The summed E-state index contributed by atoms with van der Waals surface area (Å²) in [7, 11) is 0. The maximum absolute atomic E-state index is 12.0. The minimum Gasteiger partial charge on any atom is -0.482 e. The van der Waals surface area contributed by atoms with Gasteiger partial charge in [-0.1, -0.05) is 18.2 Å². The Kier molecular flexibility index (Phi) is 7.13. The van der Waals surface area contributed by atoms with Crippen molar-refractivity contribution in [2.24, 2.45) is 0 Å². The van der Waals surface area contributed by atoms with Crippen molar-refractivity contribution in [3.8, 4) is 5.75 Å². The van der Waals surface area contributed by atoms with Gasteiger partial charge >= 0.3 is 5.97 Å². The van der Waals surface area contributed by atoms with E-state index in [4.69, 9.17) is 14.6 Å². The number of piperidine rings is 2. The summed E-state index contributed by atoms with van der Waals surface area (Å²) in [6.45, 7) is 1.29. The first kappa shape index (κ1) is 22.1. The summed E-state index contributed by atoms with van der Waals surface area (Å²) < 4.78 is 11.9. The maximum Gasteiger partial charge on any atom is 0.341 e. The van der Waals surface area contributed by atoms with Gasteiger partial charge in [0.1, 0.15) is 5.75 Å². The van der Waals surface area contributed by atoms with Crippen LogP contribution in [0.2, 0.25) is 0 Å². The SMILES string of the molecule is O=C(O)COc1ccccc1C1CCC(OCC2NCCCC23CCCC(=O)N3)CC1. The third-order valence-electron chi connectivity index (χ3n) is 7.16. The number of nitrogens with one attached hydrogen (secondary N) is 2. The summed E-state index contributed by atoms with van der Waals surface area (Å²) in [6.07, 6.45) is 8.91. The second-order valence-electron chi connectivity index (χ2n) is 9.20. The van der Waals surface area contributed by atoms with E-state index in [1.807, 2.05) is 24.3 Å². The van der Waals surface area contributed by atoms with Crippen LogP contribution in [0.5, 0.6) is 5.75 Å². The van der Waals surface area contributed by atoms with Crippen molar-refractivity contribution in [3.63, 3.8) is 0 Å². The Labute approximate surface area is 183 Å². The van der Waals surface area contributed by atoms with E-state index in [0.717, 1.165) is 63.5 Å². The fourth-order valence-corrected chi connectivity index (χ4v) is 5.55. The number of amides is 1. The number of ether oxygens (including phenoxy) is 2. The van der Waals surface area contributed by atoms with Crippen LogP contribution in [0.25, 0.3) is 0 Å². The Morgan fingerprint density at radius 1 is 1.13 bits per heavy atom. The van der Waals surface area contributed by atoms with E-state index in [0.29, 0.717) is 24.7 Å². The van der Waals surface area contributed by atoms with Crippen molar-refractivity contribution in [3.05, 3.63) is 29.8 Å². The highest BCUT2D eigenvalue weighted by Crippen LogP contribution is 2.39. The number of hydrogen-bond acceptors (Lipinski definition) is 5. The van der Waals surface area contributed by atoms with Crippen LogP contribution >= 0.6 is 0 Å². The van der Waals surface area contributed by atoms with Gasteiger partial charge in [0.25, 0.3) is 0 Å². The van der Waals surface area contributed by atoms with E-state index in [1.54, 1.807) is 0 Å². The van der Waals surface area contributed by atoms with Crippen molar-refractivity contribution in [2.45, 2.75) is 81.4 Å². The molecule has 1 aromatic carbocycles. The van der Waals surface area contributed by atoms with E-state index in [-0.39, 0.29) is 30.2 Å². The van der Waals surface area contributed by atoms with Gasteiger partial charge in [-0.2, -0.15) is 0 Å². The molecule has 2 heterocycles. The lowest BCUT2D eigenvalue weighted by atomic mass is 9.76. The van der Waals surface area contributed by atoms with Gasteiger partial charge in [-0.05, 0) is 75.5 Å². The molecule has 2 aliphatic heterocycles. The molecule has 0 bridgehead atoms. The van der Waals surface area contributed by atoms with E-state index < -0.39 is 5.97 Å². The van der Waals surface area contributed by atoms with Gasteiger partial charge in [0, 0.05) is 6.42 Å². The van der Waals surface area contributed by atoms with E-state index in [9.17, 15) is 9.59 Å².